The van der Waals surface area contributed by atoms with Gasteiger partial charge in [0.2, 0.25) is 0 Å². The molecule has 4 amide bonds. The van der Waals surface area contributed by atoms with E-state index in [-0.39, 0.29) is 0 Å². The number of rotatable bonds is 5. The van der Waals surface area contributed by atoms with Crippen LogP contribution in [-0.4, -0.2) is 38.2 Å². The van der Waals surface area contributed by atoms with E-state index in [2.05, 4.69) is 29.7 Å². The van der Waals surface area contributed by atoms with E-state index < -0.39 is 23.4 Å². The van der Waals surface area contributed by atoms with Crippen molar-refractivity contribution in [3.8, 4) is 0 Å². The Morgan fingerprint density at radius 2 is 2.12 bits per heavy atom. The summed E-state index contributed by atoms with van der Waals surface area (Å²) in [5.41, 5.74) is 2.29. The second-order valence-electron chi connectivity index (χ2n) is 7.19. The molecule has 1 fully saturated rings. The van der Waals surface area contributed by atoms with Crippen LogP contribution in [0.3, 0.4) is 0 Å². The number of urea groups is 1. The first-order valence-electron chi connectivity index (χ1n) is 8.61. The second-order valence-corrected chi connectivity index (χ2v) is 8.22. The Bertz CT molecular complexity index is 900. The van der Waals surface area contributed by atoms with Gasteiger partial charge < -0.3 is 5.32 Å². The molecule has 8 nitrogen and oxygen atoms in total. The van der Waals surface area contributed by atoms with Crippen molar-refractivity contribution >= 4 is 39.4 Å². The number of amides is 4. The molecule has 1 saturated heterocycles. The van der Waals surface area contributed by atoms with Gasteiger partial charge >= 0.3 is 6.03 Å². The summed E-state index contributed by atoms with van der Waals surface area (Å²) in [4.78, 5) is 38.4. The molecule has 0 aliphatic carbocycles. The highest BCUT2D eigenvalue weighted by Gasteiger charge is 2.47. The highest BCUT2D eigenvalue weighted by molar-refractivity contribution is 7.20. The van der Waals surface area contributed by atoms with Crippen LogP contribution in [0.25, 0.3) is 10.2 Å². The largest absolute Gasteiger partial charge is 0.344 e. The molecule has 0 bridgehead atoms. The third-order valence-corrected chi connectivity index (χ3v) is 5.70. The van der Waals surface area contributed by atoms with Crippen LogP contribution in [0.5, 0.6) is 0 Å². The summed E-state index contributed by atoms with van der Waals surface area (Å²) in [5.74, 6) is -0.512. The summed E-state index contributed by atoms with van der Waals surface area (Å²) in [5, 5.41) is 8.81. The number of hydrogen-bond donors (Lipinski definition) is 2. The highest BCUT2D eigenvalue weighted by atomic mass is 32.1. The predicted octanol–water partition coefficient (Wildman–Crippen LogP) is 2.43. The summed E-state index contributed by atoms with van der Waals surface area (Å²) in [7, 11) is 0. The molecule has 3 rings (SSSR count). The van der Waals surface area contributed by atoms with Crippen molar-refractivity contribution in [2.24, 2.45) is 5.92 Å². The van der Waals surface area contributed by atoms with Gasteiger partial charge in [0.15, 0.2) is 0 Å². The van der Waals surface area contributed by atoms with E-state index in [1.54, 1.807) is 19.9 Å². The smallest absolute Gasteiger partial charge is 0.322 e. The molecule has 2 N–H and O–H groups in total. The number of nitrogens with one attached hydrogen (secondary N) is 2. The Kier molecular flexibility index (Phi) is 4.51. The van der Waals surface area contributed by atoms with E-state index in [1.165, 1.54) is 11.3 Å². The quantitative estimate of drug-likeness (QED) is 0.782. The maximum atomic E-state index is 12.6. The van der Waals surface area contributed by atoms with Crippen molar-refractivity contribution in [3.63, 3.8) is 0 Å². The third kappa shape index (κ3) is 2.96. The normalized spacial score (nSPS) is 20.3. The van der Waals surface area contributed by atoms with Crippen LogP contribution >= 0.6 is 11.3 Å². The lowest BCUT2D eigenvalue weighted by Crippen LogP contribution is -2.48. The van der Waals surface area contributed by atoms with Gasteiger partial charge in [-0.15, -0.1) is 11.3 Å². The van der Waals surface area contributed by atoms with Crippen molar-refractivity contribution in [1.29, 1.82) is 0 Å². The van der Waals surface area contributed by atoms with Crippen LogP contribution in [0.1, 0.15) is 49.5 Å². The Morgan fingerprint density at radius 3 is 2.69 bits per heavy atom. The fourth-order valence-corrected chi connectivity index (χ4v) is 3.94. The molecule has 1 aliphatic heterocycles. The van der Waals surface area contributed by atoms with Crippen molar-refractivity contribution in [2.75, 3.05) is 0 Å². The summed E-state index contributed by atoms with van der Waals surface area (Å²) < 4.78 is 1.90. The molecule has 3 heterocycles. The molecule has 0 spiro atoms. The molecule has 9 heteroatoms. The second kappa shape index (κ2) is 6.39. The predicted molar refractivity (Wildman–Crippen MR) is 98.7 cm³/mol. The van der Waals surface area contributed by atoms with Gasteiger partial charge in [-0.1, -0.05) is 20.8 Å². The maximum absolute atomic E-state index is 12.6. The van der Waals surface area contributed by atoms with E-state index in [0.717, 1.165) is 27.5 Å². The first-order valence-corrected chi connectivity index (χ1v) is 9.42. The number of imide groups is 1. The molecular weight excluding hydrogens is 354 g/mol. The number of fused-ring (bicyclic) bond motifs is 1. The van der Waals surface area contributed by atoms with Gasteiger partial charge in [0.1, 0.15) is 10.4 Å². The maximum Gasteiger partial charge on any atom is 0.344 e. The van der Waals surface area contributed by atoms with Crippen LogP contribution in [0.15, 0.2) is 6.07 Å². The van der Waals surface area contributed by atoms with Crippen molar-refractivity contribution in [1.82, 2.24) is 25.5 Å². The number of hydrazine groups is 1. The van der Waals surface area contributed by atoms with E-state index >= 15 is 0 Å². The van der Waals surface area contributed by atoms with Gasteiger partial charge in [-0.2, -0.15) is 10.1 Å². The molecule has 2 aromatic heterocycles. The molecule has 1 atom stereocenters. The zero-order valence-corrected chi connectivity index (χ0v) is 16.4. The lowest BCUT2D eigenvalue weighted by atomic mass is 10.00. The summed E-state index contributed by atoms with van der Waals surface area (Å²) in [6, 6.07) is 1.14. The van der Waals surface area contributed by atoms with E-state index in [4.69, 9.17) is 0 Å². The number of carbonyl (C=O) groups excluding carboxylic acids is 3. The monoisotopic (exact) mass is 377 g/mol. The molecule has 0 aromatic carbocycles. The van der Waals surface area contributed by atoms with E-state index in [0.29, 0.717) is 17.2 Å². The van der Waals surface area contributed by atoms with Crippen molar-refractivity contribution < 1.29 is 14.4 Å². The minimum absolute atomic E-state index is 0.425. The summed E-state index contributed by atoms with van der Waals surface area (Å²) in [6.45, 7) is 10.3. The van der Waals surface area contributed by atoms with Crippen LogP contribution in [0.2, 0.25) is 0 Å². The van der Waals surface area contributed by atoms with E-state index in [1.807, 2.05) is 11.6 Å². The highest BCUT2D eigenvalue weighted by Crippen LogP contribution is 2.29. The number of aromatic nitrogens is 2. The van der Waals surface area contributed by atoms with Gasteiger partial charge in [-0.05, 0) is 32.3 Å². The molecule has 26 heavy (non-hydrogen) atoms. The Morgan fingerprint density at radius 1 is 1.42 bits per heavy atom. The number of carbonyl (C=O) groups is 3. The number of hydrogen-bond acceptors (Lipinski definition) is 5. The molecule has 1 unspecified atom stereocenters. The number of nitrogens with zero attached hydrogens (tertiary/aromatic N) is 3. The van der Waals surface area contributed by atoms with Gasteiger partial charge in [0, 0.05) is 11.9 Å². The minimum atomic E-state index is -0.987. The topological polar surface area (TPSA) is 96.3 Å². The third-order valence-electron chi connectivity index (χ3n) is 4.55. The van der Waals surface area contributed by atoms with E-state index in [9.17, 15) is 14.4 Å². The molecule has 2 aromatic rings. The van der Waals surface area contributed by atoms with Crippen molar-refractivity contribution in [3.05, 3.63) is 16.6 Å². The number of aryl methyl sites for hydroxylation is 1. The molecule has 1 aliphatic rings. The van der Waals surface area contributed by atoms with Gasteiger partial charge in [0.05, 0.1) is 10.6 Å². The Labute approximate surface area is 155 Å². The lowest BCUT2D eigenvalue weighted by molar-refractivity contribution is -0.132. The zero-order valence-electron chi connectivity index (χ0n) is 15.5. The first kappa shape index (κ1) is 18.4. The summed E-state index contributed by atoms with van der Waals surface area (Å²) in [6.07, 6.45) is 0.442. The number of thiophene rings is 1. The van der Waals surface area contributed by atoms with Gasteiger partial charge in [0.25, 0.3) is 11.8 Å². The lowest BCUT2D eigenvalue weighted by Gasteiger charge is -2.19. The van der Waals surface area contributed by atoms with Gasteiger partial charge in [-0.25, -0.2) is 4.79 Å². The van der Waals surface area contributed by atoms with Crippen LogP contribution < -0.4 is 10.7 Å². The molecule has 0 saturated carbocycles. The first-order chi connectivity index (χ1) is 12.2. The SMILES string of the molecule is CCC1(C)NC(=O)N(NC(=O)c2cc3c(C)nn(CC(C)C)c3s2)C1=O. The van der Waals surface area contributed by atoms with Crippen LogP contribution in [-0.2, 0) is 11.3 Å². The van der Waals surface area contributed by atoms with Crippen LogP contribution in [0, 0.1) is 12.8 Å². The van der Waals surface area contributed by atoms with Crippen LogP contribution in [0.4, 0.5) is 4.79 Å². The van der Waals surface area contributed by atoms with Crippen molar-refractivity contribution in [2.45, 2.75) is 53.1 Å². The van der Waals surface area contributed by atoms with Gasteiger partial charge in [-0.3, -0.25) is 19.7 Å². The zero-order chi connectivity index (χ0) is 19.2. The summed E-state index contributed by atoms with van der Waals surface area (Å²) >= 11 is 1.31. The fraction of sp³-hybridized carbons (Fsp3) is 0.529. The molecule has 0 radical (unpaired) electrons. The molecule has 140 valence electrons. The average Bonchev–Trinajstić information content (AvgIpc) is 3.18. The standard InChI is InChI=1S/C17H23N5O3S/c1-6-17(5)15(24)22(16(25)18-17)20-13(23)12-7-11-10(4)19-21(8-9(2)3)14(11)26-12/h7,9H,6,8H2,1-5H3,(H,18,25)(H,20,23). The fourth-order valence-electron chi connectivity index (χ4n) is 2.88. The average molecular weight is 377 g/mol. The minimum Gasteiger partial charge on any atom is -0.322 e. The Hall–Kier alpha value is -2.42. The molecular formula is C17H23N5O3S. The Balaban J connectivity index is 1.85.